The van der Waals surface area contributed by atoms with Crippen LogP contribution in [0.5, 0.6) is 0 Å². The Morgan fingerprint density at radius 1 is 1.25 bits per heavy atom. The molecule has 130 valence electrons. The molecule has 2 aromatic heterocycles. The van der Waals surface area contributed by atoms with Crippen LogP contribution in [0.25, 0.3) is 0 Å². The van der Waals surface area contributed by atoms with Crippen molar-refractivity contribution < 1.29 is 14.4 Å². The molecule has 2 rings (SSSR count). The van der Waals surface area contributed by atoms with Crippen LogP contribution in [0.2, 0.25) is 0 Å². The van der Waals surface area contributed by atoms with E-state index in [4.69, 9.17) is 9.47 Å². The lowest BCUT2D eigenvalue weighted by atomic mass is 10.3. The van der Waals surface area contributed by atoms with Crippen LogP contribution in [0.3, 0.4) is 0 Å². The summed E-state index contributed by atoms with van der Waals surface area (Å²) in [6, 6.07) is 0. The quantitative estimate of drug-likeness (QED) is 0.502. The molecule has 0 radical (unpaired) electrons. The van der Waals surface area contributed by atoms with Gasteiger partial charge in [-0.1, -0.05) is 0 Å². The van der Waals surface area contributed by atoms with Crippen LogP contribution in [0.4, 0.5) is 22.5 Å². The van der Waals surface area contributed by atoms with Crippen molar-refractivity contribution in [2.75, 3.05) is 50.7 Å². The van der Waals surface area contributed by atoms with Crippen molar-refractivity contribution in [3.05, 3.63) is 28.0 Å². The number of hydrogen-bond donors (Lipinski definition) is 1. The second-order valence-corrected chi connectivity index (χ2v) is 5.48. The summed E-state index contributed by atoms with van der Waals surface area (Å²) in [7, 11) is 3.14. The number of anilines is 3. The molecule has 0 saturated carbocycles. The van der Waals surface area contributed by atoms with E-state index >= 15 is 0 Å². The molecule has 2 heterocycles. The lowest BCUT2D eigenvalue weighted by molar-refractivity contribution is -0.383. The van der Waals surface area contributed by atoms with Gasteiger partial charge < -0.3 is 19.7 Å². The summed E-state index contributed by atoms with van der Waals surface area (Å²) in [6.45, 7) is 1.68. The van der Waals surface area contributed by atoms with Gasteiger partial charge in [0, 0.05) is 38.9 Å². The third-order valence-corrected chi connectivity index (χ3v) is 3.76. The minimum atomic E-state index is -0.502. The van der Waals surface area contributed by atoms with E-state index in [1.807, 2.05) is 0 Å². The summed E-state index contributed by atoms with van der Waals surface area (Å²) < 4.78 is 10.1. The highest BCUT2D eigenvalue weighted by Crippen LogP contribution is 2.33. The molecule has 10 nitrogen and oxygen atoms in total. The van der Waals surface area contributed by atoms with E-state index in [0.29, 0.717) is 31.4 Å². The monoisotopic (exact) mass is 354 g/mol. The van der Waals surface area contributed by atoms with Gasteiger partial charge in [-0.25, -0.2) is 15.0 Å². The molecule has 1 N–H and O–H groups in total. The van der Waals surface area contributed by atoms with Crippen LogP contribution >= 0.6 is 11.3 Å². The second-order valence-electron chi connectivity index (χ2n) is 4.59. The summed E-state index contributed by atoms with van der Waals surface area (Å²) in [6.07, 6.45) is 2.88. The Morgan fingerprint density at radius 2 is 1.96 bits per heavy atom. The molecule has 0 aromatic carbocycles. The fourth-order valence-electron chi connectivity index (χ4n) is 1.97. The van der Waals surface area contributed by atoms with Gasteiger partial charge in [0.1, 0.15) is 6.33 Å². The molecule has 24 heavy (non-hydrogen) atoms. The molecule has 0 atom stereocenters. The third kappa shape index (κ3) is 4.57. The summed E-state index contributed by atoms with van der Waals surface area (Å²) in [4.78, 5) is 25.0. The molecule has 0 bridgehead atoms. The van der Waals surface area contributed by atoms with Crippen molar-refractivity contribution in [3.8, 4) is 0 Å². The first-order valence-corrected chi connectivity index (χ1v) is 7.94. The third-order valence-electron chi connectivity index (χ3n) is 3.07. The second kappa shape index (κ2) is 9.05. The maximum Gasteiger partial charge on any atom is 0.353 e. The first kappa shape index (κ1) is 18.0. The molecular weight excluding hydrogens is 336 g/mol. The first-order chi connectivity index (χ1) is 11.7. The van der Waals surface area contributed by atoms with Crippen LogP contribution in [0.15, 0.2) is 17.9 Å². The SMILES string of the molecule is COCCN(CCOC)c1ncnc(Nc2nccs2)c1[N+](=O)[O-]. The summed E-state index contributed by atoms with van der Waals surface area (Å²) >= 11 is 1.32. The van der Waals surface area contributed by atoms with Gasteiger partial charge in [-0.05, 0) is 0 Å². The summed E-state index contributed by atoms with van der Waals surface area (Å²) in [5.41, 5.74) is -0.208. The zero-order valence-corrected chi connectivity index (χ0v) is 14.2. The number of methoxy groups -OCH3 is 2. The molecular formula is C13H18N6O4S. The lowest BCUT2D eigenvalue weighted by Gasteiger charge is -2.23. The van der Waals surface area contributed by atoms with E-state index in [1.54, 1.807) is 30.7 Å². The molecule has 11 heteroatoms. The molecule has 0 saturated heterocycles. The van der Waals surface area contributed by atoms with E-state index in [2.05, 4.69) is 20.3 Å². The van der Waals surface area contributed by atoms with Crippen LogP contribution in [-0.2, 0) is 9.47 Å². The van der Waals surface area contributed by atoms with Crippen molar-refractivity contribution in [2.24, 2.45) is 0 Å². The number of ether oxygens (including phenoxy) is 2. The topological polar surface area (TPSA) is 116 Å². The Kier molecular flexibility index (Phi) is 6.78. The number of rotatable bonds is 10. The molecule has 2 aromatic rings. The number of aromatic nitrogens is 3. The van der Waals surface area contributed by atoms with Crippen LogP contribution in [0.1, 0.15) is 0 Å². The van der Waals surface area contributed by atoms with Crippen molar-refractivity contribution in [2.45, 2.75) is 0 Å². The fourth-order valence-corrected chi connectivity index (χ4v) is 2.50. The minimum absolute atomic E-state index is 0.0970. The van der Waals surface area contributed by atoms with Crippen LogP contribution in [-0.4, -0.2) is 60.4 Å². The Hall–Kier alpha value is -2.37. The van der Waals surface area contributed by atoms with Gasteiger partial charge in [0.25, 0.3) is 0 Å². The van der Waals surface area contributed by atoms with Crippen LogP contribution < -0.4 is 10.2 Å². The van der Waals surface area contributed by atoms with E-state index in [1.165, 1.54) is 17.7 Å². The highest BCUT2D eigenvalue weighted by Gasteiger charge is 2.27. The Bertz CT molecular complexity index is 646. The predicted octanol–water partition coefficient (Wildman–Crippen LogP) is 1.68. The molecule has 0 fully saturated rings. The van der Waals surface area contributed by atoms with E-state index in [9.17, 15) is 10.1 Å². The fraction of sp³-hybridized carbons (Fsp3) is 0.462. The smallest absolute Gasteiger partial charge is 0.353 e. The van der Waals surface area contributed by atoms with E-state index in [0.717, 1.165) is 0 Å². The molecule has 0 aliphatic carbocycles. The number of nitro groups is 1. The predicted molar refractivity (Wildman–Crippen MR) is 90.0 cm³/mol. The Balaban J connectivity index is 2.37. The van der Waals surface area contributed by atoms with Gasteiger partial charge >= 0.3 is 5.69 Å². The van der Waals surface area contributed by atoms with Crippen molar-refractivity contribution >= 4 is 33.8 Å². The molecule has 0 aliphatic heterocycles. The van der Waals surface area contributed by atoms with E-state index < -0.39 is 4.92 Å². The van der Waals surface area contributed by atoms with Gasteiger partial charge in [0.2, 0.25) is 11.6 Å². The van der Waals surface area contributed by atoms with Gasteiger partial charge in [-0.2, -0.15) is 0 Å². The molecule has 0 spiro atoms. The highest BCUT2D eigenvalue weighted by atomic mass is 32.1. The number of thiazole rings is 1. The lowest BCUT2D eigenvalue weighted by Crippen LogP contribution is -2.32. The maximum atomic E-state index is 11.6. The van der Waals surface area contributed by atoms with Crippen molar-refractivity contribution in [3.63, 3.8) is 0 Å². The van der Waals surface area contributed by atoms with Gasteiger partial charge in [-0.3, -0.25) is 10.1 Å². The minimum Gasteiger partial charge on any atom is -0.383 e. The van der Waals surface area contributed by atoms with Gasteiger partial charge in [0.05, 0.1) is 18.1 Å². The highest BCUT2D eigenvalue weighted by molar-refractivity contribution is 7.13. The maximum absolute atomic E-state index is 11.6. The molecule has 0 unspecified atom stereocenters. The number of hydrogen-bond acceptors (Lipinski definition) is 10. The standard InChI is InChI=1S/C13H18N6O4S/c1-22-6-4-18(5-7-23-2)12-10(19(20)21)11(15-9-16-12)17-13-14-3-8-24-13/h3,8-9H,4-7H2,1-2H3,(H,14,15,16,17). The Morgan fingerprint density at radius 3 is 2.50 bits per heavy atom. The molecule has 0 amide bonds. The van der Waals surface area contributed by atoms with Gasteiger partial charge in [-0.15, -0.1) is 11.3 Å². The zero-order valence-electron chi connectivity index (χ0n) is 13.3. The summed E-state index contributed by atoms with van der Waals surface area (Å²) in [5, 5.41) is 16.7. The average Bonchev–Trinajstić information content (AvgIpc) is 3.07. The van der Waals surface area contributed by atoms with Crippen molar-refractivity contribution in [1.29, 1.82) is 0 Å². The van der Waals surface area contributed by atoms with Gasteiger partial charge in [0.15, 0.2) is 5.13 Å². The molecule has 0 aliphatic rings. The average molecular weight is 354 g/mol. The van der Waals surface area contributed by atoms with E-state index in [-0.39, 0.29) is 17.3 Å². The van der Waals surface area contributed by atoms with Crippen LogP contribution in [0, 0.1) is 10.1 Å². The number of nitrogens with one attached hydrogen (secondary N) is 1. The Labute approximate surface area is 142 Å². The number of nitrogens with zero attached hydrogens (tertiary/aromatic N) is 5. The zero-order chi connectivity index (χ0) is 17.4. The van der Waals surface area contributed by atoms with Crippen molar-refractivity contribution in [1.82, 2.24) is 15.0 Å². The largest absolute Gasteiger partial charge is 0.383 e. The normalized spacial score (nSPS) is 10.6. The summed E-state index contributed by atoms with van der Waals surface area (Å²) in [5.74, 6) is 0.308. The first-order valence-electron chi connectivity index (χ1n) is 7.06.